The van der Waals surface area contributed by atoms with Gasteiger partial charge in [0.2, 0.25) is 0 Å². The summed E-state index contributed by atoms with van der Waals surface area (Å²) in [4.78, 5) is 21.6. The van der Waals surface area contributed by atoms with E-state index in [4.69, 9.17) is 20.0 Å². The van der Waals surface area contributed by atoms with Crippen LogP contribution in [-0.4, -0.2) is 62.0 Å². The SMILES string of the molecule is CCCN(Cc1ccccc1)/C(C)=C1/C=NCCCN=C/C(=C(\C)NCc2ccccc2)C=NCCCN=C1C. The molecule has 0 saturated carbocycles. The largest absolute Gasteiger partial charge is 0.384 e. The van der Waals surface area contributed by atoms with Crippen molar-refractivity contribution < 1.29 is 0 Å². The standard InChI is InChI=1S/C34H46N6/c1-5-22-40(27-32-16-10-7-11-17-32)30(4)34-26-37-19-12-18-35-24-33(25-36-20-13-21-38-29(34)3)28(2)39-23-31-14-8-6-9-15-31/h6-11,14-17,24-26,39H,5,12-13,18-23,27H2,1-4H3/b33-28-,34-30-,35-24?,36-25?,37-26?,38-29?. The minimum atomic E-state index is 0.724. The lowest BCUT2D eigenvalue weighted by Gasteiger charge is -2.27. The van der Waals surface area contributed by atoms with E-state index in [1.54, 1.807) is 0 Å². The molecule has 0 spiro atoms. The summed E-state index contributed by atoms with van der Waals surface area (Å²) in [6.45, 7) is 14.2. The van der Waals surface area contributed by atoms with Gasteiger partial charge in [-0.2, -0.15) is 0 Å². The molecule has 1 aliphatic heterocycles. The normalized spacial score (nSPS) is 17.8. The molecule has 0 aliphatic carbocycles. The highest BCUT2D eigenvalue weighted by molar-refractivity contribution is 6.15. The van der Waals surface area contributed by atoms with Gasteiger partial charge in [0.1, 0.15) is 0 Å². The first-order chi connectivity index (χ1) is 19.6. The third kappa shape index (κ3) is 10.8. The van der Waals surface area contributed by atoms with E-state index in [0.717, 1.165) is 87.6 Å². The topological polar surface area (TPSA) is 64.7 Å². The fourth-order valence-electron chi connectivity index (χ4n) is 4.45. The van der Waals surface area contributed by atoms with Crippen LogP contribution in [0.1, 0.15) is 58.1 Å². The number of rotatable bonds is 8. The molecule has 1 aliphatic rings. The van der Waals surface area contributed by atoms with Gasteiger partial charge < -0.3 is 10.2 Å². The van der Waals surface area contributed by atoms with E-state index in [2.05, 4.69) is 92.5 Å². The summed E-state index contributed by atoms with van der Waals surface area (Å²) in [5, 5.41) is 3.52. The van der Waals surface area contributed by atoms with Crippen LogP contribution in [0.2, 0.25) is 0 Å². The molecule has 0 saturated heterocycles. The zero-order valence-corrected chi connectivity index (χ0v) is 24.8. The van der Waals surface area contributed by atoms with Crippen LogP contribution in [0.25, 0.3) is 0 Å². The molecule has 2 aromatic carbocycles. The zero-order chi connectivity index (χ0) is 28.4. The molecule has 0 amide bonds. The third-order valence-corrected chi connectivity index (χ3v) is 6.85. The van der Waals surface area contributed by atoms with Crippen molar-refractivity contribution in [2.75, 3.05) is 32.7 Å². The maximum atomic E-state index is 4.94. The third-order valence-electron chi connectivity index (χ3n) is 6.85. The van der Waals surface area contributed by atoms with Crippen LogP contribution in [0.15, 0.2) is 103 Å². The number of aliphatic imine (C=N–C) groups is 4. The molecule has 0 fully saturated rings. The summed E-state index contributed by atoms with van der Waals surface area (Å²) in [5.41, 5.74) is 8.02. The molecule has 1 heterocycles. The maximum absolute atomic E-state index is 4.94. The Morgan fingerprint density at radius 3 is 1.98 bits per heavy atom. The first-order valence-electron chi connectivity index (χ1n) is 14.6. The Labute approximate surface area is 241 Å². The van der Waals surface area contributed by atoms with E-state index in [-0.39, 0.29) is 0 Å². The lowest BCUT2D eigenvalue weighted by Crippen LogP contribution is -2.25. The second-order valence-electron chi connectivity index (χ2n) is 10.1. The van der Waals surface area contributed by atoms with Crippen molar-refractivity contribution in [3.05, 3.63) is 94.3 Å². The lowest BCUT2D eigenvalue weighted by molar-refractivity contribution is 0.337. The number of nitrogens with zero attached hydrogens (tertiary/aromatic N) is 5. The first-order valence-corrected chi connectivity index (χ1v) is 14.6. The number of nitrogens with one attached hydrogen (secondary N) is 1. The molecular weight excluding hydrogens is 492 g/mol. The molecule has 3 rings (SSSR count). The Hall–Kier alpha value is -3.80. The van der Waals surface area contributed by atoms with Gasteiger partial charge in [-0.3, -0.25) is 20.0 Å². The summed E-state index contributed by atoms with van der Waals surface area (Å²) in [6.07, 6.45) is 8.77. The van der Waals surface area contributed by atoms with E-state index in [9.17, 15) is 0 Å². The predicted octanol–water partition coefficient (Wildman–Crippen LogP) is 6.70. The van der Waals surface area contributed by atoms with Gasteiger partial charge in [0.25, 0.3) is 0 Å². The molecule has 0 bridgehead atoms. The van der Waals surface area contributed by atoms with E-state index >= 15 is 0 Å². The van der Waals surface area contributed by atoms with E-state index in [1.807, 2.05) is 24.7 Å². The molecule has 0 atom stereocenters. The molecular formula is C34H46N6. The highest BCUT2D eigenvalue weighted by atomic mass is 15.1. The highest BCUT2D eigenvalue weighted by Gasteiger charge is 2.12. The fourth-order valence-corrected chi connectivity index (χ4v) is 4.45. The van der Waals surface area contributed by atoms with Crippen LogP contribution in [-0.2, 0) is 13.1 Å². The minimum absolute atomic E-state index is 0.724. The second kappa shape index (κ2) is 17.7. The first kappa shape index (κ1) is 30.7. The van der Waals surface area contributed by atoms with Crippen LogP contribution in [0.5, 0.6) is 0 Å². The number of benzene rings is 2. The Morgan fingerprint density at radius 1 is 0.775 bits per heavy atom. The van der Waals surface area contributed by atoms with Crippen molar-refractivity contribution in [3.63, 3.8) is 0 Å². The van der Waals surface area contributed by atoms with Crippen LogP contribution in [0.4, 0.5) is 0 Å². The summed E-state index contributed by atoms with van der Waals surface area (Å²) < 4.78 is 0. The summed E-state index contributed by atoms with van der Waals surface area (Å²) in [6, 6.07) is 21.1. The Balaban J connectivity index is 1.74. The minimum Gasteiger partial charge on any atom is -0.384 e. The molecule has 0 aromatic heterocycles. The number of allylic oxidation sites excluding steroid dienone is 4. The molecule has 212 valence electrons. The zero-order valence-electron chi connectivity index (χ0n) is 24.8. The van der Waals surface area contributed by atoms with Crippen LogP contribution in [0, 0.1) is 0 Å². The summed E-state index contributed by atoms with van der Waals surface area (Å²) in [5.74, 6) is 0. The van der Waals surface area contributed by atoms with Gasteiger partial charge >= 0.3 is 0 Å². The fraction of sp³-hybridized carbons (Fsp3) is 0.412. The van der Waals surface area contributed by atoms with Crippen LogP contribution >= 0.6 is 0 Å². The molecule has 0 unspecified atom stereocenters. The molecule has 1 N–H and O–H groups in total. The van der Waals surface area contributed by atoms with Gasteiger partial charge in [-0.15, -0.1) is 0 Å². The van der Waals surface area contributed by atoms with Crippen molar-refractivity contribution in [1.82, 2.24) is 10.2 Å². The average molecular weight is 539 g/mol. The van der Waals surface area contributed by atoms with Gasteiger partial charge in [-0.05, 0) is 51.2 Å². The number of hydrogen-bond acceptors (Lipinski definition) is 6. The lowest BCUT2D eigenvalue weighted by atomic mass is 10.1. The average Bonchev–Trinajstić information content (AvgIpc) is 2.97. The Bertz CT molecular complexity index is 1210. The predicted molar refractivity (Wildman–Crippen MR) is 173 cm³/mol. The molecule has 40 heavy (non-hydrogen) atoms. The van der Waals surface area contributed by atoms with Crippen molar-refractivity contribution in [1.29, 1.82) is 0 Å². The monoisotopic (exact) mass is 538 g/mol. The Morgan fingerprint density at radius 2 is 1.35 bits per heavy atom. The van der Waals surface area contributed by atoms with Crippen molar-refractivity contribution in [3.8, 4) is 0 Å². The molecule has 6 heteroatoms. The van der Waals surface area contributed by atoms with E-state index in [0.29, 0.717) is 0 Å². The van der Waals surface area contributed by atoms with Crippen molar-refractivity contribution >= 4 is 24.4 Å². The summed E-state index contributed by atoms with van der Waals surface area (Å²) in [7, 11) is 0. The van der Waals surface area contributed by atoms with E-state index in [1.165, 1.54) is 16.8 Å². The highest BCUT2D eigenvalue weighted by Crippen LogP contribution is 2.16. The van der Waals surface area contributed by atoms with Crippen LogP contribution < -0.4 is 5.32 Å². The van der Waals surface area contributed by atoms with Gasteiger partial charge in [0.05, 0.1) is 0 Å². The van der Waals surface area contributed by atoms with Gasteiger partial charge in [0.15, 0.2) is 0 Å². The van der Waals surface area contributed by atoms with Gasteiger partial charge in [-0.25, -0.2) is 0 Å². The molecule has 0 radical (unpaired) electrons. The molecule has 2 aromatic rings. The van der Waals surface area contributed by atoms with Crippen molar-refractivity contribution in [2.45, 2.75) is 60.0 Å². The van der Waals surface area contributed by atoms with E-state index < -0.39 is 0 Å². The second-order valence-corrected chi connectivity index (χ2v) is 10.1. The van der Waals surface area contributed by atoms with Crippen molar-refractivity contribution in [2.24, 2.45) is 20.0 Å². The Kier molecular flexibility index (Phi) is 13.6. The van der Waals surface area contributed by atoms with Gasteiger partial charge in [-0.1, -0.05) is 67.6 Å². The number of hydrogen-bond donors (Lipinski definition) is 1. The quantitative estimate of drug-likeness (QED) is 0.406. The van der Waals surface area contributed by atoms with Gasteiger partial charge in [0, 0.05) is 92.7 Å². The smallest absolute Gasteiger partial charge is 0.0426 e. The maximum Gasteiger partial charge on any atom is 0.0426 e. The molecule has 6 nitrogen and oxygen atoms in total. The summed E-state index contributed by atoms with van der Waals surface area (Å²) >= 11 is 0. The van der Waals surface area contributed by atoms with Crippen LogP contribution in [0.3, 0.4) is 0 Å².